The number of carbonyl (C=O) groups is 3. The van der Waals surface area contributed by atoms with E-state index in [1.54, 1.807) is 38.5 Å². The summed E-state index contributed by atoms with van der Waals surface area (Å²) in [5.74, 6) is 1.50. The molecule has 0 unspecified atom stereocenters. The first-order valence-corrected chi connectivity index (χ1v) is 11.4. The molecule has 0 atom stereocenters. The van der Waals surface area contributed by atoms with Crippen molar-refractivity contribution in [2.45, 2.75) is 32.6 Å². The molecule has 1 N–H and O–H groups in total. The van der Waals surface area contributed by atoms with Gasteiger partial charge in [-0.25, -0.2) is 0 Å². The molecule has 0 spiro atoms. The summed E-state index contributed by atoms with van der Waals surface area (Å²) in [6.07, 6.45) is 2.77. The van der Waals surface area contributed by atoms with Crippen LogP contribution in [0.3, 0.4) is 0 Å². The van der Waals surface area contributed by atoms with Gasteiger partial charge < -0.3 is 24.4 Å². The van der Waals surface area contributed by atoms with E-state index in [0.717, 1.165) is 18.4 Å². The molecule has 8 nitrogen and oxygen atoms in total. The summed E-state index contributed by atoms with van der Waals surface area (Å²) in [6.45, 7) is 3.24. The number of hydrogen-bond acceptors (Lipinski definition) is 6. The first kappa shape index (κ1) is 25.1. The van der Waals surface area contributed by atoms with Crippen molar-refractivity contribution in [1.82, 2.24) is 10.2 Å². The van der Waals surface area contributed by atoms with Gasteiger partial charge in [-0.05, 0) is 61.1 Å². The van der Waals surface area contributed by atoms with Crippen molar-refractivity contribution in [2.75, 3.05) is 33.9 Å². The molecule has 2 aromatic rings. The van der Waals surface area contributed by atoms with Crippen LogP contribution >= 0.6 is 0 Å². The number of benzene rings is 2. The van der Waals surface area contributed by atoms with Gasteiger partial charge in [0.1, 0.15) is 5.75 Å². The van der Waals surface area contributed by atoms with Crippen LogP contribution in [0.25, 0.3) is 0 Å². The Labute approximate surface area is 200 Å². The number of hydrogen-bond donors (Lipinski definition) is 1. The van der Waals surface area contributed by atoms with Crippen molar-refractivity contribution < 1.29 is 28.6 Å². The van der Waals surface area contributed by atoms with Gasteiger partial charge in [0, 0.05) is 38.5 Å². The number of amides is 2. The molecule has 2 aromatic carbocycles. The summed E-state index contributed by atoms with van der Waals surface area (Å²) in [6, 6.07) is 12.3. The normalized spacial score (nSPS) is 13.8. The predicted octanol–water partition coefficient (Wildman–Crippen LogP) is 3.23. The molecule has 1 saturated heterocycles. The highest BCUT2D eigenvalue weighted by Crippen LogP contribution is 2.28. The van der Waals surface area contributed by atoms with Crippen molar-refractivity contribution in [1.29, 1.82) is 0 Å². The SMILES string of the molecule is COc1ccc(CCC(=O)N2CCC(CNC(=O)c3cccc(OC(C)=O)c3)CC2)cc1OC. The molecule has 34 heavy (non-hydrogen) atoms. The lowest BCUT2D eigenvalue weighted by Gasteiger charge is -2.32. The number of nitrogens with zero attached hydrogens (tertiary/aromatic N) is 1. The quantitative estimate of drug-likeness (QED) is 0.449. The number of carbonyl (C=O) groups excluding carboxylic acids is 3. The zero-order valence-corrected chi connectivity index (χ0v) is 20.0. The Morgan fingerprint density at radius 1 is 1.00 bits per heavy atom. The molecule has 1 heterocycles. The van der Waals surface area contributed by atoms with E-state index in [4.69, 9.17) is 14.2 Å². The van der Waals surface area contributed by atoms with Gasteiger partial charge in [-0.3, -0.25) is 14.4 Å². The number of likely N-dealkylation sites (tertiary alicyclic amines) is 1. The molecule has 0 radical (unpaired) electrons. The first-order chi connectivity index (χ1) is 16.4. The lowest BCUT2D eigenvalue weighted by molar-refractivity contribution is -0.133. The van der Waals surface area contributed by atoms with Crippen LogP contribution < -0.4 is 19.5 Å². The Bertz CT molecular complexity index is 1010. The smallest absolute Gasteiger partial charge is 0.308 e. The van der Waals surface area contributed by atoms with Crippen LogP contribution in [0.4, 0.5) is 0 Å². The third-order valence-electron chi connectivity index (χ3n) is 5.95. The summed E-state index contributed by atoms with van der Waals surface area (Å²) in [5, 5.41) is 2.96. The molecule has 1 aliphatic rings. The fraction of sp³-hybridized carbons (Fsp3) is 0.423. The molecule has 0 bridgehead atoms. The van der Waals surface area contributed by atoms with Gasteiger partial charge in [-0.15, -0.1) is 0 Å². The van der Waals surface area contributed by atoms with Gasteiger partial charge in [0.25, 0.3) is 5.91 Å². The van der Waals surface area contributed by atoms with Crippen LogP contribution in [0.2, 0.25) is 0 Å². The highest BCUT2D eigenvalue weighted by atomic mass is 16.5. The molecule has 1 fully saturated rings. The summed E-state index contributed by atoms with van der Waals surface area (Å²) >= 11 is 0. The molecule has 3 rings (SSSR count). The van der Waals surface area contributed by atoms with Crippen molar-refractivity contribution in [2.24, 2.45) is 5.92 Å². The average molecular weight is 469 g/mol. The van der Waals surface area contributed by atoms with Gasteiger partial charge in [-0.1, -0.05) is 12.1 Å². The number of ether oxygens (including phenoxy) is 3. The monoisotopic (exact) mass is 468 g/mol. The largest absolute Gasteiger partial charge is 0.493 e. The van der Waals surface area contributed by atoms with Gasteiger partial charge in [-0.2, -0.15) is 0 Å². The van der Waals surface area contributed by atoms with Crippen molar-refractivity contribution in [3.63, 3.8) is 0 Å². The third kappa shape index (κ3) is 6.97. The Kier molecular flexibility index (Phi) is 8.90. The number of esters is 1. The highest BCUT2D eigenvalue weighted by Gasteiger charge is 2.23. The minimum absolute atomic E-state index is 0.138. The number of rotatable bonds is 9. The summed E-state index contributed by atoms with van der Waals surface area (Å²) < 4.78 is 15.6. The molecule has 0 aliphatic carbocycles. The van der Waals surface area contributed by atoms with E-state index in [-0.39, 0.29) is 11.8 Å². The number of aryl methyl sites for hydroxylation is 1. The molecule has 2 amide bonds. The van der Waals surface area contributed by atoms with Crippen LogP contribution in [0.1, 0.15) is 42.1 Å². The molecule has 1 aliphatic heterocycles. The Morgan fingerprint density at radius 3 is 2.41 bits per heavy atom. The number of methoxy groups -OCH3 is 2. The van der Waals surface area contributed by atoms with E-state index in [0.29, 0.717) is 61.2 Å². The maximum absolute atomic E-state index is 12.7. The summed E-state index contributed by atoms with van der Waals surface area (Å²) in [7, 11) is 3.19. The van der Waals surface area contributed by atoms with E-state index in [2.05, 4.69) is 5.32 Å². The average Bonchev–Trinajstić information content (AvgIpc) is 2.85. The number of piperidine rings is 1. The van der Waals surface area contributed by atoms with Crippen molar-refractivity contribution in [3.05, 3.63) is 53.6 Å². The van der Waals surface area contributed by atoms with E-state index < -0.39 is 5.97 Å². The maximum atomic E-state index is 12.7. The topological polar surface area (TPSA) is 94.2 Å². The van der Waals surface area contributed by atoms with Crippen LogP contribution in [-0.2, 0) is 16.0 Å². The van der Waals surface area contributed by atoms with Gasteiger partial charge in [0.15, 0.2) is 11.5 Å². The van der Waals surface area contributed by atoms with Gasteiger partial charge in [0.05, 0.1) is 14.2 Å². The van der Waals surface area contributed by atoms with E-state index in [1.807, 2.05) is 23.1 Å². The Morgan fingerprint density at radius 2 is 1.74 bits per heavy atom. The predicted molar refractivity (Wildman–Crippen MR) is 127 cm³/mol. The van der Waals surface area contributed by atoms with Crippen LogP contribution in [0.5, 0.6) is 17.2 Å². The minimum atomic E-state index is -0.428. The third-order valence-corrected chi connectivity index (χ3v) is 5.95. The van der Waals surface area contributed by atoms with Crippen LogP contribution in [0.15, 0.2) is 42.5 Å². The van der Waals surface area contributed by atoms with Gasteiger partial charge >= 0.3 is 5.97 Å². The van der Waals surface area contributed by atoms with E-state index >= 15 is 0 Å². The molecule has 0 aromatic heterocycles. The van der Waals surface area contributed by atoms with Crippen LogP contribution in [-0.4, -0.2) is 56.5 Å². The molecule has 182 valence electrons. The zero-order chi connectivity index (χ0) is 24.5. The molecular formula is C26H32N2O6. The zero-order valence-electron chi connectivity index (χ0n) is 20.0. The van der Waals surface area contributed by atoms with Crippen molar-refractivity contribution >= 4 is 17.8 Å². The fourth-order valence-corrected chi connectivity index (χ4v) is 4.04. The summed E-state index contributed by atoms with van der Waals surface area (Å²) in [4.78, 5) is 38.2. The second-order valence-electron chi connectivity index (χ2n) is 8.34. The standard InChI is InChI=1S/C26H32N2O6/c1-18(29)34-22-6-4-5-21(16-22)26(31)27-17-20-11-13-28(14-12-20)25(30)10-8-19-7-9-23(32-2)24(15-19)33-3/h4-7,9,15-16,20H,8,10-14,17H2,1-3H3,(H,27,31). The lowest BCUT2D eigenvalue weighted by Crippen LogP contribution is -2.41. The summed E-state index contributed by atoms with van der Waals surface area (Å²) in [5.41, 5.74) is 1.47. The fourth-order valence-electron chi connectivity index (χ4n) is 4.04. The maximum Gasteiger partial charge on any atom is 0.308 e. The molecular weight excluding hydrogens is 436 g/mol. The Hall–Kier alpha value is -3.55. The molecule has 0 saturated carbocycles. The Balaban J connectivity index is 1.41. The van der Waals surface area contributed by atoms with E-state index in [9.17, 15) is 14.4 Å². The lowest BCUT2D eigenvalue weighted by atomic mass is 9.96. The van der Waals surface area contributed by atoms with Gasteiger partial charge in [0.2, 0.25) is 5.91 Å². The highest BCUT2D eigenvalue weighted by molar-refractivity contribution is 5.94. The number of nitrogens with one attached hydrogen (secondary N) is 1. The molecule has 8 heteroatoms. The minimum Gasteiger partial charge on any atom is -0.493 e. The van der Waals surface area contributed by atoms with Crippen LogP contribution in [0, 0.1) is 5.92 Å². The van der Waals surface area contributed by atoms with E-state index in [1.165, 1.54) is 6.92 Å². The first-order valence-electron chi connectivity index (χ1n) is 11.4. The second kappa shape index (κ2) is 12.1. The second-order valence-corrected chi connectivity index (χ2v) is 8.34. The van der Waals surface area contributed by atoms with Crippen molar-refractivity contribution in [3.8, 4) is 17.2 Å².